The first-order valence-corrected chi connectivity index (χ1v) is 8.96. The molecular weight excluding hydrogens is 344 g/mol. The van der Waals surface area contributed by atoms with Crippen molar-refractivity contribution < 1.29 is 14.4 Å². The summed E-state index contributed by atoms with van der Waals surface area (Å²) >= 11 is 0. The van der Waals surface area contributed by atoms with Crippen LogP contribution in [-0.4, -0.2) is 63.2 Å². The van der Waals surface area contributed by atoms with E-state index in [1.807, 2.05) is 37.3 Å². The maximum absolute atomic E-state index is 13.0. The van der Waals surface area contributed by atoms with Crippen molar-refractivity contribution in [1.29, 1.82) is 0 Å². The number of carbonyl (C=O) groups is 3. The van der Waals surface area contributed by atoms with Gasteiger partial charge in [-0.2, -0.15) is 0 Å². The van der Waals surface area contributed by atoms with E-state index in [0.717, 1.165) is 5.56 Å². The Labute approximate surface area is 157 Å². The molecule has 7 nitrogen and oxygen atoms in total. The first-order valence-electron chi connectivity index (χ1n) is 8.96. The minimum Gasteiger partial charge on any atom is -0.334 e. The molecule has 0 bridgehead atoms. The molecular formula is C20H20N4O3. The van der Waals surface area contributed by atoms with Gasteiger partial charge >= 0.3 is 6.03 Å². The largest absolute Gasteiger partial charge is 0.334 e. The standard InChI is InChI=1S/C20H20N4O3/c1-14(15-6-3-2-4-7-15)24-19(26)17-13-22(10-11-23(17)20(24)27)18(25)16-8-5-9-21-12-16/h2-9,12,14,17H,10-11,13H2,1H3. The highest BCUT2D eigenvalue weighted by Crippen LogP contribution is 2.30. The van der Waals surface area contributed by atoms with E-state index in [4.69, 9.17) is 0 Å². The Morgan fingerprint density at radius 2 is 1.89 bits per heavy atom. The Kier molecular flexibility index (Phi) is 4.35. The highest BCUT2D eigenvalue weighted by molar-refractivity contribution is 6.05. The minimum absolute atomic E-state index is 0.169. The number of carbonyl (C=O) groups excluding carboxylic acids is 3. The monoisotopic (exact) mass is 364 g/mol. The van der Waals surface area contributed by atoms with Crippen LogP contribution in [-0.2, 0) is 4.79 Å². The smallest absolute Gasteiger partial charge is 0.328 e. The van der Waals surface area contributed by atoms with Gasteiger partial charge in [-0.3, -0.25) is 19.5 Å². The predicted molar refractivity (Wildman–Crippen MR) is 97.7 cm³/mol. The Hall–Kier alpha value is -3.22. The van der Waals surface area contributed by atoms with Crippen LogP contribution in [0.1, 0.15) is 28.9 Å². The zero-order valence-electron chi connectivity index (χ0n) is 15.0. The third kappa shape index (κ3) is 2.95. The summed E-state index contributed by atoms with van der Waals surface area (Å²) in [5, 5.41) is 0. The van der Waals surface area contributed by atoms with Gasteiger partial charge in [-0.1, -0.05) is 30.3 Å². The fourth-order valence-corrected chi connectivity index (χ4v) is 3.71. The summed E-state index contributed by atoms with van der Waals surface area (Å²) in [6.45, 7) is 2.80. The first kappa shape index (κ1) is 17.2. The molecule has 1 aromatic heterocycles. The number of hydrogen-bond donors (Lipinski definition) is 0. The van der Waals surface area contributed by atoms with Crippen LogP contribution in [0.5, 0.6) is 0 Å². The van der Waals surface area contributed by atoms with Gasteiger partial charge < -0.3 is 9.80 Å². The number of fused-ring (bicyclic) bond motifs is 1. The molecule has 0 aliphatic carbocycles. The molecule has 7 heteroatoms. The van der Waals surface area contributed by atoms with Crippen LogP contribution in [0.2, 0.25) is 0 Å². The quantitative estimate of drug-likeness (QED) is 0.780. The van der Waals surface area contributed by atoms with Crippen LogP contribution in [0, 0.1) is 0 Å². The lowest BCUT2D eigenvalue weighted by atomic mass is 10.1. The number of amides is 4. The molecule has 2 saturated heterocycles. The second-order valence-electron chi connectivity index (χ2n) is 6.78. The number of imide groups is 1. The molecule has 1 aromatic carbocycles. The SMILES string of the molecule is CC(c1ccccc1)N1C(=O)C2CN(C(=O)c3cccnc3)CCN2C1=O. The molecule has 0 saturated carbocycles. The van der Waals surface area contributed by atoms with E-state index in [1.165, 1.54) is 11.1 Å². The van der Waals surface area contributed by atoms with Gasteiger partial charge in [-0.05, 0) is 24.6 Å². The second kappa shape index (κ2) is 6.83. The number of nitrogens with zero attached hydrogens (tertiary/aromatic N) is 4. The molecule has 2 atom stereocenters. The summed E-state index contributed by atoms with van der Waals surface area (Å²) < 4.78 is 0. The summed E-state index contributed by atoms with van der Waals surface area (Å²) in [6.07, 6.45) is 3.12. The zero-order chi connectivity index (χ0) is 19.0. The van der Waals surface area contributed by atoms with Gasteiger partial charge in [0, 0.05) is 25.5 Å². The molecule has 2 unspecified atom stereocenters. The molecule has 2 fully saturated rings. The number of urea groups is 1. The molecule has 4 amide bonds. The van der Waals surface area contributed by atoms with Gasteiger partial charge in [0.25, 0.3) is 11.8 Å². The van der Waals surface area contributed by atoms with Crippen molar-refractivity contribution >= 4 is 17.8 Å². The normalized spacial score (nSPS) is 20.6. The van der Waals surface area contributed by atoms with Gasteiger partial charge in [0.2, 0.25) is 0 Å². The molecule has 2 aliphatic rings. The van der Waals surface area contributed by atoms with Crippen LogP contribution in [0.25, 0.3) is 0 Å². The van der Waals surface area contributed by atoms with Gasteiger partial charge in [0.05, 0.1) is 18.2 Å². The number of aromatic nitrogens is 1. The summed E-state index contributed by atoms with van der Waals surface area (Å²) in [5.74, 6) is -0.419. The lowest BCUT2D eigenvalue weighted by Gasteiger charge is -2.35. The van der Waals surface area contributed by atoms with E-state index in [9.17, 15) is 14.4 Å². The first-order chi connectivity index (χ1) is 13.1. The Bertz CT molecular complexity index is 871. The van der Waals surface area contributed by atoms with E-state index >= 15 is 0 Å². The van der Waals surface area contributed by atoms with Crippen molar-refractivity contribution in [3.05, 3.63) is 66.0 Å². The maximum Gasteiger partial charge on any atom is 0.328 e. The van der Waals surface area contributed by atoms with Crippen LogP contribution < -0.4 is 0 Å². The summed E-state index contributed by atoms with van der Waals surface area (Å²) in [6, 6.07) is 11.6. The Balaban J connectivity index is 1.54. The third-order valence-corrected chi connectivity index (χ3v) is 5.22. The fourth-order valence-electron chi connectivity index (χ4n) is 3.71. The molecule has 27 heavy (non-hydrogen) atoms. The van der Waals surface area contributed by atoms with E-state index in [2.05, 4.69) is 4.98 Å². The Morgan fingerprint density at radius 3 is 2.59 bits per heavy atom. The predicted octanol–water partition coefficient (Wildman–Crippen LogP) is 1.93. The van der Waals surface area contributed by atoms with Gasteiger partial charge in [0.15, 0.2) is 0 Å². The third-order valence-electron chi connectivity index (χ3n) is 5.22. The number of piperazine rings is 1. The lowest BCUT2D eigenvalue weighted by molar-refractivity contribution is -0.130. The van der Waals surface area contributed by atoms with Crippen molar-refractivity contribution in [2.45, 2.75) is 19.0 Å². The highest BCUT2D eigenvalue weighted by Gasteiger charge is 2.50. The molecule has 2 aliphatic heterocycles. The van der Waals surface area contributed by atoms with Gasteiger partial charge in [0.1, 0.15) is 6.04 Å². The Morgan fingerprint density at radius 1 is 1.11 bits per heavy atom. The van der Waals surface area contributed by atoms with Crippen molar-refractivity contribution in [3.8, 4) is 0 Å². The molecule has 0 spiro atoms. The van der Waals surface area contributed by atoms with Crippen molar-refractivity contribution in [3.63, 3.8) is 0 Å². The van der Waals surface area contributed by atoms with E-state index in [-0.39, 0.29) is 30.4 Å². The van der Waals surface area contributed by atoms with Crippen LogP contribution >= 0.6 is 0 Å². The number of rotatable bonds is 3. The number of hydrogen-bond acceptors (Lipinski definition) is 4. The average Bonchev–Trinajstić information content (AvgIpc) is 2.98. The molecule has 3 heterocycles. The topological polar surface area (TPSA) is 73.8 Å². The maximum atomic E-state index is 13.0. The molecule has 0 radical (unpaired) electrons. The molecule has 0 N–H and O–H groups in total. The zero-order valence-corrected chi connectivity index (χ0v) is 15.0. The minimum atomic E-state index is -0.627. The van der Waals surface area contributed by atoms with E-state index in [0.29, 0.717) is 18.7 Å². The highest BCUT2D eigenvalue weighted by atomic mass is 16.2. The van der Waals surface area contributed by atoms with Crippen molar-refractivity contribution in [2.24, 2.45) is 0 Å². The van der Waals surface area contributed by atoms with Crippen LogP contribution in [0.3, 0.4) is 0 Å². The molecule has 4 rings (SSSR count). The van der Waals surface area contributed by atoms with Gasteiger partial charge in [-0.25, -0.2) is 4.79 Å². The number of pyridine rings is 1. The van der Waals surface area contributed by atoms with Gasteiger partial charge in [-0.15, -0.1) is 0 Å². The summed E-state index contributed by atoms with van der Waals surface area (Å²) in [4.78, 5) is 47.0. The van der Waals surface area contributed by atoms with E-state index in [1.54, 1.807) is 28.1 Å². The van der Waals surface area contributed by atoms with Crippen molar-refractivity contribution in [1.82, 2.24) is 19.7 Å². The lowest BCUT2D eigenvalue weighted by Crippen LogP contribution is -2.54. The molecule has 2 aromatic rings. The molecule has 138 valence electrons. The second-order valence-corrected chi connectivity index (χ2v) is 6.78. The van der Waals surface area contributed by atoms with Crippen LogP contribution in [0.4, 0.5) is 4.79 Å². The number of benzene rings is 1. The summed E-state index contributed by atoms with van der Waals surface area (Å²) in [7, 11) is 0. The van der Waals surface area contributed by atoms with Crippen molar-refractivity contribution in [2.75, 3.05) is 19.6 Å². The van der Waals surface area contributed by atoms with E-state index < -0.39 is 6.04 Å². The average molecular weight is 364 g/mol. The van der Waals surface area contributed by atoms with Crippen LogP contribution in [0.15, 0.2) is 54.9 Å². The summed E-state index contributed by atoms with van der Waals surface area (Å²) in [5.41, 5.74) is 1.39. The fraction of sp³-hybridized carbons (Fsp3) is 0.300.